The number of methoxy groups -OCH3 is 2. The Kier molecular flexibility index (Phi) is 9.67. The second-order valence-electron chi connectivity index (χ2n) is 12.6. The molecular formula is C30H44N2O6S2Si. The maximum absolute atomic E-state index is 12.0. The maximum atomic E-state index is 12.0. The van der Waals surface area contributed by atoms with Crippen molar-refractivity contribution in [2.45, 2.75) is 95.9 Å². The van der Waals surface area contributed by atoms with E-state index >= 15 is 0 Å². The highest BCUT2D eigenvalue weighted by Gasteiger charge is 2.51. The Balaban J connectivity index is 1.54. The summed E-state index contributed by atoms with van der Waals surface area (Å²) in [5.74, 6) is -0.613. The summed E-state index contributed by atoms with van der Waals surface area (Å²) in [6.07, 6.45) is 9.24. The Morgan fingerprint density at radius 1 is 1.12 bits per heavy atom. The standard InChI is InChI=1S/C30H44N2O6S2Si/c1-20(24(34-6)16-25(33)35-7)23(37-41(8,9)28(2,3)4)13-12-21-17-39-26(31-21)22-18-40-27(32-22)29(5)19-36-30(38-29)14-10-11-15-30/h12-13,16-18,20,23H,10-11,14-15,19H2,1-9H3/b13-12+,24-16-/t20-,23+,29+/m1/s1. The zero-order valence-corrected chi connectivity index (χ0v) is 28.4. The van der Waals surface area contributed by atoms with E-state index in [1.54, 1.807) is 29.8 Å². The number of rotatable bonds is 10. The van der Waals surface area contributed by atoms with Crippen molar-refractivity contribution in [2.24, 2.45) is 5.92 Å². The van der Waals surface area contributed by atoms with Gasteiger partial charge in [-0.05, 0) is 44.0 Å². The third-order valence-electron chi connectivity index (χ3n) is 8.42. The molecule has 3 heterocycles. The van der Waals surface area contributed by atoms with Crippen molar-refractivity contribution in [3.8, 4) is 10.7 Å². The van der Waals surface area contributed by atoms with Gasteiger partial charge in [-0.3, -0.25) is 0 Å². The minimum atomic E-state index is -2.15. The van der Waals surface area contributed by atoms with Gasteiger partial charge >= 0.3 is 5.97 Å². The van der Waals surface area contributed by atoms with E-state index in [9.17, 15) is 4.79 Å². The van der Waals surface area contributed by atoms with E-state index in [1.165, 1.54) is 13.2 Å². The lowest BCUT2D eigenvalue weighted by Crippen LogP contribution is -2.45. The number of aromatic nitrogens is 2. The maximum Gasteiger partial charge on any atom is 0.333 e. The Labute approximate surface area is 253 Å². The van der Waals surface area contributed by atoms with E-state index in [-0.39, 0.29) is 17.1 Å². The van der Waals surface area contributed by atoms with E-state index in [4.69, 9.17) is 33.3 Å². The summed E-state index contributed by atoms with van der Waals surface area (Å²) < 4.78 is 29.9. The molecule has 0 N–H and O–H groups in total. The third-order valence-corrected chi connectivity index (χ3v) is 14.9. The molecule has 0 unspecified atom stereocenters. The lowest BCUT2D eigenvalue weighted by atomic mass is 10.0. The van der Waals surface area contributed by atoms with E-state index in [2.05, 4.69) is 40.8 Å². The molecule has 1 aliphatic carbocycles. The smallest absolute Gasteiger partial charge is 0.333 e. The summed E-state index contributed by atoms with van der Waals surface area (Å²) in [5, 5.41) is 5.85. The van der Waals surface area contributed by atoms with Crippen LogP contribution in [-0.4, -0.2) is 57.0 Å². The Bertz CT molecular complexity index is 1270. The zero-order chi connectivity index (χ0) is 30.1. The van der Waals surface area contributed by atoms with Crippen LogP contribution in [0.4, 0.5) is 0 Å². The average Bonchev–Trinajstić information content (AvgIpc) is 3.72. The van der Waals surface area contributed by atoms with E-state index in [0.717, 1.165) is 47.1 Å². The van der Waals surface area contributed by atoms with Gasteiger partial charge in [-0.15, -0.1) is 22.7 Å². The van der Waals surface area contributed by atoms with E-state index in [1.807, 2.05) is 29.8 Å². The van der Waals surface area contributed by atoms with Crippen molar-refractivity contribution in [1.29, 1.82) is 0 Å². The first-order valence-corrected chi connectivity index (χ1v) is 18.8. The molecule has 0 amide bonds. The molecule has 11 heteroatoms. The Hall–Kier alpha value is -1.89. The summed E-state index contributed by atoms with van der Waals surface area (Å²) in [4.78, 5) is 21.8. The van der Waals surface area contributed by atoms with Gasteiger partial charge < -0.3 is 23.4 Å². The van der Waals surface area contributed by atoms with Crippen molar-refractivity contribution in [3.63, 3.8) is 0 Å². The molecule has 41 heavy (non-hydrogen) atoms. The fraction of sp³-hybridized carbons (Fsp3) is 0.633. The quantitative estimate of drug-likeness (QED) is 0.116. The van der Waals surface area contributed by atoms with Gasteiger partial charge in [0.1, 0.15) is 27.1 Å². The topological polar surface area (TPSA) is 89.0 Å². The SMILES string of the molecule is COC(=O)/C=C(\OC)[C@H](C)[C@H](/C=C/c1csc(-c2csc([C@]3(C)COC4(CCCC4)O3)n2)n1)O[Si](C)(C)C(C)(C)C. The number of thiazole rings is 2. The first-order chi connectivity index (χ1) is 19.2. The number of carbonyl (C=O) groups is 1. The number of carbonyl (C=O) groups excluding carboxylic acids is 1. The highest BCUT2D eigenvalue weighted by Crippen LogP contribution is 2.48. The monoisotopic (exact) mass is 620 g/mol. The van der Waals surface area contributed by atoms with Crippen LogP contribution >= 0.6 is 22.7 Å². The van der Waals surface area contributed by atoms with Crippen molar-refractivity contribution < 1.29 is 28.2 Å². The van der Waals surface area contributed by atoms with Gasteiger partial charge in [0.25, 0.3) is 0 Å². The molecule has 2 fully saturated rings. The summed E-state index contributed by atoms with van der Waals surface area (Å²) in [6, 6.07) is 0. The predicted octanol–water partition coefficient (Wildman–Crippen LogP) is 7.54. The summed E-state index contributed by atoms with van der Waals surface area (Å²) >= 11 is 3.15. The highest BCUT2D eigenvalue weighted by molar-refractivity contribution is 7.14. The van der Waals surface area contributed by atoms with Crippen LogP contribution in [0.15, 0.2) is 28.7 Å². The fourth-order valence-electron chi connectivity index (χ4n) is 4.83. The van der Waals surface area contributed by atoms with Gasteiger partial charge in [0.15, 0.2) is 14.1 Å². The van der Waals surface area contributed by atoms with Crippen molar-refractivity contribution >= 4 is 43.0 Å². The van der Waals surface area contributed by atoms with Crippen LogP contribution in [0.3, 0.4) is 0 Å². The fourth-order valence-corrected chi connectivity index (χ4v) is 7.86. The van der Waals surface area contributed by atoms with Crippen LogP contribution in [0.1, 0.15) is 71.0 Å². The van der Waals surface area contributed by atoms with Crippen molar-refractivity contribution in [2.75, 3.05) is 20.8 Å². The second kappa shape index (κ2) is 12.4. The lowest BCUT2D eigenvalue weighted by molar-refractivity contribution is -0.180. The number of esters is 1. The van der Waals surface area contributed by atoms with Crippen LogP contribution in [0.2, 0.25) is 18.1 Å². The number of hydrogen-bond acceptors (Lipinski definition) is 10. The van der Waals surface area contributed by atoms with Crippen LogP contribution in [0.25, 0.3) is 16.8 Å². The number of hydrogen-bond donors (Lipinski definition) is 0. The largest absolute Gasteiger partial charge is 0.500 e. The first-order valence-electron chi connectivity index (χ1n) is 14.2. The molecule has 2 aromatic heterocycles. The van der Waals surface area contributed by atoms with Gasteiger partial charge in [-0.25, -0.2) is 14.8 Å². The number of ether oxygens (including phenoxy) is 4. The number of nitrogens with zero attached hydrogens (tertiary/aromatic N) is 2. The van der Waals surface area contributed by atoms with Crippen molar-refractivity contribution in [3.05, 3.63) is 39.4 Å². The van der Waals surface area contributed by atoms with Crippen molar-refractivity contribution in [1.82, 2.24) is 9.97 Å². The molecule has 2 aromatic rings. The summed E-state index contributed by atoms with van der Waals surface area (Å²) in [7, 11) is 0.761. The molecule has 1 saturated carbocycles. The molecule has 1 spiro atoms. The molecule has 0 aromatic carbocycles. The highest BCUT2D eigenvalue weighted by atomic mass is 32.1. The minimum Gasteiger partial charge on any atom is -0.500 e. The van der Waals surface area contributed by atoms with Crippen LogP contribution < -0.4 is 0 Å². The molecule has 226 valence electrons. The first kappa shape index (κ1) is 32.0. The normalized spacial score (nSPS) is 22.9. The van der Waals surface area contributed by atoms with Crippen LogP contribution in [0, 0.1) is 5.92 Å². The molecule has 2 aliphatic rings. The Morgan fingerprint density at radius 3 is 2.46 bits per heavy atom. The molecule has 1 saturated heterocycles. The third kappa shape index (κ3) is 7.19. The second-order valence-corrected chi connectivity index (χ2v) is 19.1. The molecule has 8 nitrogen and oxygen atoms in total. The molecule has 4 rings (SSSR count). The zero-order valence-electron chi connectivity index (χ0n) is 25.7. The van der Waals surface area contributed by atoms with Gasteiger partial charge in [0.2, 0.25) is 0 Å². The van der Waals surface area contributed by atoms with Crippen LogP contribution in [0.5, 0.6) is 0 Å². The minimum absolute atomic E-state index is 0.0103. The van der Waals surface area contributed by atoms with E-state index in [0.29, 0.717) is 12.4 Å². The van der Waals surface area contributed by atoms with Crippen LogP contribution in [-0.2, 0) is 33.8 Å². The van der Waals surface area contributed by atoms with E-state index < -0.39 is 25.7 Å². The van der Waals surface area contributed by atoms with Gasteiger partial charge in [-0.2, -0.15) is 0 Å². The van der Waals surface area contributed by atoms with Gasteiger partial charge in [0, 0.05) is 29.5 Å². The van der Waals surface area contributed by atoms with Gasteiger partial charge in [0.05, 0.1) is 38.7 Å². The molecular weight excluding hydrogens is 577 g/mol. The molecule has 1 aliphatic heterocycles. The average molecular weight is 621 g/mol. The summed E-state index contributed by atoms with van der Waals surface area (Å²) in [6.45, 7) is 15.6. The summed E-state index contributed by atoms with van der Waals surface area (Å²) in [5.41, 5.74) is 1.13. The molecule has 0 bridgehead atoms. The molecule has 0 radical (unpaired) electrons. The predicted molar refractivity (Wildman–Crippen MR) is 166 cm³/mol. The van der Waals surface area contributed by atoms with Gasteiger partial charge in [-0.1, -0.05) is 33.8 Å². The molecule has 3 atom stereocenters. The Morgan fingerprint density at radius 2 is 1.83 bits per heavy atom. The lowest BCUT2D eigenvalue weighted by Gasteiger charge is -2.40.